The van der Waals surface area contributed by atoms with Crippen LogP contribution in [0.4, 0.5) is 5.95 Å². The third-order valence-corrected chi connectivity index (χ3v) is 4.81. The Morgan fingerprint density at radius 3 is 2.78 bits per heavy atom. The first-order chi connectivity index (χ1) is 15.4. The molecular weight excluding hydrogens is 414 g/mol. The molecule has 1 atom stereocenters. The fraction of sp³-hybridized carbons (Fsp3) is 0.286. The molecule has 162 valence electrons. The van der Waals surface area contributed by atoms with Crippen molar-refractivity contribution in [1.29, 1.82) is 0 Å². The summed E-state index contributed by atoms with van der Waals surface area (Å²) in [5, 5.41) is 14.4. The average molecular weight is 433 g/mol. The lowest BCUT2D eigenvalue weighted by molar-refractivity contribution is -0.0835. The van der Waals surface area contributed by atoms with Gasteiger partial charge in [0.15, 0.2) is 5.60 Å². The third kappa shape index (κ3) is 3.73. The number of aryl methyl sites for hydroxylation is 1. The van der Waals surface area contributed by atoms with Crippen molar-refractivity contribution >= 4 is 17.0 Å². The second-order valence-electron chi connectivity index (χ2n) is 7.44. The van der Waals surface area contributed by atoms with Crippen LogP contribution in [0.25, 0.3) is 16.9 Å². The number of hydrogen-bond acceptors (Lipinski definition) is 10. The number of rotatable bonds is 4. The number of fused-ring (bicyclic) bond motifs is 1. The van der Waals surface area contributed by atoms with E-state index >= 15 is 0 Å². The second-order valence-corrected chi connectivity index (χ2v) is 7.44. The summed E-state index contributed by atoms with van der Waals surface area (Å²) < 4.78 is 17.9. The fourth-order valence-corrected chi connectivity index (χ4v) is 3.10. The molecule has 32 heavy (non-hydrogen) atoms. The maximum atomic E-state index is 10.6. The molecule has 1 aromatic carbocycles. The van der Waals surface area contributed by atoms with E-state index in [0.717, 1.165) is 0 Å². The van der Waals surface area contributed by atoms with Gasteiger partial charge >= 0.3 is 6.01 Å². The highest BCUT2D eigenvalue weighted by Crippen LogP contribution is 2.28. The molecule has 1 saturated heterocycles. The Bertz CT molecular complexity index is 1360. The zero-order valence-corrected chi connectivity index (χ0v) is 17.3. The third-order valence-electron chi connectivity index (χ3n) is 4.81. The molecule has 0 saturated carbocycles. The molecular formula is C21H19N7O4. The van der Waals surface area contributed by atoms with E-state index in [0.29, 0.717) is 47.5 Å². The van der Waals surface area contributed by atoms with Crippen molar-refractivity contribution < 1.29 is 19.1 Å². The Kier molecular flexibility index (Phi) is 4.73. The maximum absolute atomic E-state index is 10.6. The van der Waals surface area contributed by atoms with Crippen LogP contribution in [0.3, 0.4) is 0 Å². The van der Waals surface area contributed by atoms with Crippen molar-refractivity contribution in [3.05, 3.63) is 47.7 Å². The smallest absolute Gasteiger partial charge is 0.303 e. The van der Waals surface area contributed by atoms with Gasteiger partial charge in [0, 0.05) is 24.8 Å². The monoisotopic (exact) mass is 433 g/mol. The maximum Gasteiger partial charge on any atom is 0.303 e. The molecule has 1 aliphatic heterocycles. The number of aliphatic hydroxyl groups is 1. The number of anilines is 1. The summed E-state index contributed by atoms with van der Waals surface area (Å²) in [6, 6.07) is 7.52. The summed E-state index contributed by atoms with van der Waals surface area (Å²) >= 11 is 0. The molecule has 0 spiro atoms. The number of benzene rings is 1. The molecule has 5 rings (SSSR count). The van der Waals surface area contributed by atoms with Gasteiger partial charge in [0.25, 0.3) is 0 Å². The van der Waals surface area contributed by atoms with E-state index in [1.807, 2.05) is 12.1 Å². The number of nitrogens with two attached hydrogens (primary N) is 1. The largest absolute Gasteiger partial charge is 0.456 e. The van der Waals surface area contributed by atoms with Crippen LogP contribution in [-0.2, 0) is 10.3 Å². The Labute approximate surface area is 182 Å². The van der Waals surface area contributed by atoms with E-state index in [1.165, 1.54) is 6.92 Å². The number of nitrogen functional groups attached to an aromatic ring is 1. The Hall–Kier alpha value is -4.01. The molecule has 0 radical (unpaired) electrons. The SMILES string of the molecule is Cc1nc([C@](C)(O)C#Cc2ccc3nc(OC4COC4)n(-c4ccnc(N)n4)c3c2)no1. The van der Waals surface area contributed by atoms with Crippen LogP contribution in [0.1, 0.15) is 24.2 Å². The minimum Gasteiger partial charge on any atom is -0.456 e. The molecule has 4 heterocycles. The number of nitrogens with zero attached hydrogens (tertiary/aromatic N) is 6. The van der Waals surface area contributed by atoms with Crippen LogP contribution in [-0.4, -0.2) is 54.1 Å². The van der Waals surface area contributed by atoms with E-state index < -0.39 is 5.60 Å². The lowest BCUT2D eigenvalue weighted by atomic mass is 10.1. The summed E-state index contributed by atoms with van der Waals surface area (Å²) in [6.07, 6.45) is 1.48. The van der Waals surface area contributed by atoms with Crippen molar-refractivity contribution in [1.82, 2.24) is 29.7 Å². The van der Waals surface area contributed by atoms with Crippen molar-refractivity contribution in [3.63, 3.8) is 0 Å². The molecule has 4 aromatic rings. The first kappa shape index (κ1) is 19.9. The summed E-state index contributed by atoms with van der Waals surface area (Å²) in [5.41, 5.74) is 6.25. The van der Waals surface area contributed by atoms with E-state index in [9.17, 15) is 5.11 Å². The van der Waals surface area contributed by atoms with E-state index in [2.05, 4.69) is 36.9 Å². The topological polar surface area (TPSA) is 147 Å². The van der Waals surface area contributed by atoms with Crippen LogP contribution in [0.2, 0.25) is 0 Å². The van der Waals surface area contributed by atoms with Gasteiger partial charge in [-0.1, -0.05) is 17.0 Å². The van der Waals surface area contributed by atoms with Gasteiger partial charge in [-0.05, 0) is 25.1 Å². The standard InChI is InChI=1S/C21H19N7O4/c1-12-24-18(27-32-12)21(2,29)7-5-13-3-4-15-16(9-13)28(17-6-8-23-19(22)26-17)20(25-15)31-14-10-30-11-14/h3-4,6,8-9,14,29H,10-11H2,1-2H3,(H2,22,23,26)/t21-/m1/s1. The summed E-state index contributed by atoms with van der Waals surface area (Å²) in [6.45, 7) is 4.14. The molecule has 1 aliphatic rings. The lowest BCUT2D eigenvalue weighted by Gasteiger charge is -2.26. The van der Waals surface area contributed by atoms with Crippen LogP contribution in [0.5, 0.6) is 6.01 Å². The van der Waals surface area contributed by atoms with E-state index in [-0.39, 0.29) is 17.9 Å². The quantitative estimate of drug-likeness (QED) is 0.449. The first-order valence-corrected chi connectivity index (χ1v) is 9.81. The first-order valence-electron chi connectivity index (χ1n) is 9.81. The van der Waals surface area contributed by atoms with Gasteiger partial charge < -0.3 is 24.8 Å². The predicted octanol–water partition coefficient (Wildman–Crippen LogP) is 1.13. The van der Waals surface area contributed by atoms with Crippen LogP contribution < -0.4 is 10.5 Å². The van der Waals surface area contributed by atoms with Crippen LogP contribution >= 0.6 is 0 Å². The number of hydrogen-bond donors (Lipinski definition) is 2. The van der Waals surface area contributed by atoms with Gasteiger partial charge in [-0.15, -0.1) is 0 Å². The molecule has 0 aliphatic carbocycles. The Balaban J connectivity index is 1.58. The van der Waals surface area contributed by atoms with E-state index in [1.54, 1.807) is 29.8 Å². The molecule has 1 fully saturated rings. The van der Waals surface area contributed by atoms with Crippen molar-refractivity contribution in [2.75, 3.05) is 18.9 Å². The zero-order valence-electron chi connectivity index (χ0n) is 17.3. The van der Waals surface area contributed by atoms with Gasteiger partial charge in [-0.3, -0.25) is 0 Å². The second kappa shape index (κ2) is 7.60. The Morgan fingerprint density at radius 2 is 2.09 bits per heavy atom. The van der Waals surface area contributed by atoms with Crippen molar-refractivity contribution in [3.8, 4) is 23.7 Å². The lowest BCUT2D eigenvalue weighted by Crippen LogP contribution is -2.39. The van der Waals surface area contributed by atoms with Crippen LogP contribution in [0.15, 0.2) is 35.0 Å². The fourth-order valence-electron chi connectivity index (χ4n) is 3.10. The summed E-state index contributed by atoms with van der Waals surface area (Å²) in [5.74, 6) is 6.85. The molecule has 3 aromatic heterocycles. The number of aromatic nitrogens is 6. The number of ether oxygens (including phenoxy) is 2. The highest BCUT2D eigenvalue weighted by Gasteiger charge is 2.27. The van der Waals surface area contributed by atoms with Crippen molar-refractivity contribution in [2.45, 2.75) is 25.6 Å². The normalized spacial score (nSPS) is 15.6. The molecule has 11 heteroatoms. The summed E-state index contributed by atoms with van der Waals surface area (Å²) in [7, 11) is 0. The van der Waals surface area contributed by atoms with E-state index in [4.69, 9.17) is 19.7 Å². The molecule has 0 bridgehead atoms. The minimum absolute atomic E-state index is 0.0856. The predicted molar refractivity (Wildman–Crippen MR) is 112 cm³/mol. The molecule has 0 unspecified atom stereocenters. The van der Waals surface area contributed by atoms with Gasteiger partial charge in [-0.25, -0.2) is 9.55 Å². The Morgan fingerprint density at radius 1 is 1.25 bits per heavy atom. The van der Waals surface area contributed by atoms with Crippen molar-refractivity contribution in [2.24, 2.45) is 0 Å². The van der Waals surface area contributed by atoms with Crippen LogP contribution in [0, 0.1) is 18.8 Å². The van der Waals surface area contributed by atoms with Gasteiger partial charge in [-0.2, -0.15) is 15.0 Å². The molecule has 11 nitrogen and oxygen atoms in total. The highest BCUT2D eigenvalue weighted by molar-refractivity contribution is 5.80. The van der Waals surface area contributed by atoms with Gasteiger partial charge in [0.2, 0.25) is 17.7 Å². The highest BCUT2D eigenvalue weighted by atomic mass is 16.6. The minimum atomic E-state index is -1.58. The summed E-state index contributed by atoms with van der Waals surface area (Å²) in [4.78, 5) is 16.9. The molecule has 0 amide bonds. The zero-order chi connectivity index (χ0) is 22.3. The van der Waals surface area contributed by atoms with Gasteiger partial charge in [0.05, 0.1) is 24.2 Å². The van der Waals surface area contributed by atoms with Gasteiger partial charge in [0.1, 0.15) is 11.9 Å². The average Bonchev–Trinajstić information content (AvgIpc) is 3.32. The molecule has 3 N–H and O–H groups in total. The number of imidazole rings is 1.